The van der Waals surface area contributed by atoms with E-state index in [2.05, 4.69) is 54.0 Å². The maximum Gasteiger partial charge on any atom is 0.226 e. The van der Waals surface area contributed by atoms with Gasteiger partial charge in [-0.2, -0.15) is 0 Å². The minimum Gasteiger partial charge on any atom is -0.342 e. The molecule has 1 aromatic carbocycles. The Morgan fingerprint density at radius 1 is 1.14 bits per heavy atom. The number of carbonyl (C=O) groups excluding carboxylic acids is 1. The van der Waals surface area contributed by atoms with Crippen molar-refractivity contribution in [3.8, 4) is 0 Å². The van der Waals surface area contributed by atoms with Crippen LogP contribution in [0.5, 0.6) is 0 Å². The molecule has 2 saturated heterocycles. The smallest absolute Gasteiger partial charge is 0.226 e. The molecule has 2 aliphatic rings. The zero-order valence-electron chi connectivity index (χ0n) is 13.7. The number of amides is 1. The molecular weight excluding hydrogens is 272 g/mol. The van der Waals surface area contributed by atoms with Gasteiger partial charge >= 0.3 is 0 Å². The van der Waals surface area contributed by atoms with Crippen molar-refractivity contribution in [3.63, 3.8) is 0 Å². The molecule has 119 valence electrons. The van der Waals surface area contributed by atoms with E-state index in [4.69, 9.17) is 0 Å². The Hall–Kier alpha value is -1.35. The fourth-order valence-electron chi connectivity index (χ4n) is 3.93. The molecule has 0 saturated carbocycles. The number of carbonyl (C=O) groups is 1. The first-order valence-corrected chi connectivity index (χ1v) is 8.50. The highest BCUT2D eigenvalue weighted by Crippen LogP contribution is 2.29. The van der Waals surface area contributed by atoms with Gasteiger partial charge in [-0.3, -0.25) is 9.69 Å². The molecule has 2 heterocycles. The molecular formula is C19H27N2O. The quantitative estimate of drug-likeness (QED) is 0.853. The van der Waals surface area contributed by atoms with Crippen LogP contribution in [-0.2, 0) is 11.3 Å². The van der Waals surface area contributed by atoms with Gasteiger partial charge in [-0.15, -0.1) is 0 Å². The number of hydrogen-bond donors (Lipinski definition) is 0. The second kappa shape index (κ2) is 6.82. The Morgan fingerprint density at radius 2 is 1.77 bits per heavy atom. The Balaban J connectivity index is 1.56. The summed E-state index contributed by atoms with van der Waals surface area (Å²) in [6.45, 7) is 9.30. The molecule has 2 aliphatic heterocycles. The zero-order chi connectivity index (χ0) is 15.5. The molecule has 2 unspecified atom stereocenters. The number of rotatable bonds is 4. The number of hydrogen-bond acceptors (Lipinski definition) is 2. The van der Waals surface area contributed by atoms with E-state index in [9.17, 15) is 4.79 Å². The van der Waals surface area contributed by atoms with Gasteiger partial charge < -0.3 is 4.90 Å². The van der Waals surface area contributed by atoms with Crippen LogP contribution in [0.4, 0.5) is 0 Å². The van der Waals surface area contributed by atoms with Crippen molar-refractivity contribution < 1.29 is 4.79 Å². The van der Waals surface area contributed by atoms with Gasteiger partial charge in [-0.1, -0.05) is 44.2 Å². The third-order valence-corrected chi connectivity index (χ3v) is 4.69. The normalized spacial score (nSPS) is 25.5. The molecule has 1 radical (unpaired) electrons. The van der Waals surface area contributed by atoms with Crippen molar-refractivity contribution in [2.24, 2.45) is 17.8 Å². The zero-order valence-corrected chi connectivity index (χ0v) is 13.7. The van der Waals surface area contributed by atoms with Gasteiger partial charge in [-0.05, 0) is 29.7 Å². The molecule has 0 spiro atoms. The summed E-state index contributed by atoms with van der Waals surface area (Å²) < 4.78 is 0. The lowest BCUT2D eigenvalue weighted by Gasteiger charge is -2.46. The molecule has 0 aliphatic carbocycles. The Kier molecular flexibility index (Phi) is 4.82. The van der Waals surface area contributed by atoms with Crippen molar-refractivity contribution in [2.45, 2.75) is 26.8 Å². The van der Waals surface area contributed by atoms with Gasteiger partial charge in [0.25, 0.3) is 0 Å². The minimum absolute atomic E-state index is 0.237. The van der Waals surface area contributed by atoms with E-state index in [-0.39, 0.29) is 5.91 Å². The molecule has 22 heavy (non-hydrogen) atoms. The molecule has 2 bridgehead atoms. The van der Waals surface area contributed by atoms with Crippen molar-refractivity contribution in [3.05, 3.63) is 42.3 Å². The predicted molar refractivity (Wildman–Crippen MR) is 89.0 cm³/mol. The molecule has 2 atom stereocenters. The summed E-state index contributed by atoms with van der Waals surface area (Å²) in [6, 6.07) is 10.7. The van der Waals surface area contributed by atoms with Gasteiger partial charge in [0.2, 0.25) is 5.91 Å². The van der Waals surface area contributed by atoms with Crippen LogP contribution in [0.2, 0.25) is 0 Å². The van der Waals surface area contributed by atoms with Crippen LogP contribution in [0, 0.1) is 24.2 Å². The topological polar surface area (TPSA) is 23.6 Å². The summed E-state index contributed by atoms with van der Waals surface area (Å²) in [4.78, 5) is 16.9. The van der Waals surface area contributed by atoms with Crippen LogP contribution in [0.1, 0.15) is 25.8 Å². The molecule has 3 heteroatoms. The number of piperidine rings is 2. The van der Waals surface area contributed by atoms with E-state index in [1.165, 1.54) is 12.0 Å². The first-order chi connectivity index (χ1) is 10.6. The highest BCUT2D eigenvalue weighted by atomic mass is 16.2. The average Bonchev–Trinajstić information content (AvgIpc) is 2.46. The van der Waals surface area contributed by atoms with Crippen molar-refractivity contribution in [2.75, 3.05) is 26.2 Å². The molecule has 1 aromatic rings. The molecule has 1 amide bonds. The van der Waals surface area contributed by atoms with E-state index in [0.29, 0.717) is 17.8 Å². The van der Waals surface area contributed by atoms with Crippen LogP contribution >= 0.6 is 0 Å². The Morgan fingerprint density at radius 3 is 2.36 bits per heavy atom. The summed E-state index contributed by atoms with van der Waals surface area (Å²) in [5, 5.41) is 0. The lowest BCUT2D eigenvalue weighted by atomic mass is 9.84. The Labute approximate surface area is 134 Å². The summed E-state index contributed by atoms with van der Waals surface area (Å²) in [6.07, 6.45) is 3.15. The number of fused-ring (bicyclic) bond motifs is 2. The lowest BCUT2D eigenvalue weighted by Crippen LogP contribution is -2.54. The third kappa shape index (κ3) is 3.89. The molecule has 2 fully saturated rings. The fourth-order valence-corrected chi connectivity index (χ4v) is 3.93. The molecule has 0 N–H and O–H groups in total. The maximum atomic E-state index is 12.3. The van der Waals surface area contributed by atoms with Gasteiger partial charge in [-0.25, -0.2) is 0 Å². The fraction of sp³-hybridized carbons (Fsp3) is 0.579. The molecule has 3 nitrogen and oxygen atoms in total. The van der Waals surface area contributed by atoms with Gasteiger partial charge in [0.15, 0.2) is 0 Å². The number of nitrogens with zero attached hydrogens (tertiary/aromatic N) is 2. The second-order valence-electron chi connectivity index (χ2n) is 7.30. The van der Waals surface area contributed by atoms with E-state index in [1.807, 2.05) is 6.42 Å². The van der Waals surface area contributed by atoms with E-state index in [0.717, 1.165) is 32.7 Å². The van der Waals surface area contributed by atoms with E-state index >= 15 is 0 Å². The van der Waals surface area contributed by atoms with E-state index in [1.54, 1.807) is 0 Å². The van der Waals surface area contributed by atoms with Crippen molar-refractivity contribution >= 4 is 5.91 Å². The first-order valence-electron chi connectivity index (χ1n) is 8.50. The standard InChI is InChI=1S/C19H27N2O/c1-15(2)8-19(22)21-13-17-9-18(14-21)12-20(11-17)10-16-6-4-3-5-7-16/h3-8,15,17-18H,9-14H2,1-2H3. The van der Waals surface area contributed by atoms with Gasteiger partial charge in [0, 0.05) is 32.7 Å². The van der Waals surface area contributed by atoms with Crippen LogP contribution < -0.4 is 0 Å². The maximum absolute atomic E-state index is 12.3. The molecule has 3 rings (SSSR count). The number of benzene rings is 1. The van der Waals surface area contributed by atoms with Crippen molar-refractivity contribution in [1.29, 1.82) is 0 Å². The van der Waals surface area contributed by atoms with Crippen LogP contribution in [0.25, 0.3) is 0 Å². The minimum atomic E-state index is 0.237. The first kappa shape index (κ1) is 15.5. The molecule has 0 aromatic heterocycles. The monoisotopic (exact) mass is 299 g/mol. The third-order valence-electron chi connectivity index (χ3n) is 4.69. The Bertz CT molecular complexity index is 485. The highest BCUT2D eigenvalue weighted by molar-refractivity contribution is 5.85. The summed E-state index contributed by atoms with van der Waals surface area (Å²) >= 11 is 0. The van der Waals surface area contributed by atoms with Crippen molar-refractivity contribution in [1.82, 2.24) is 9.80 Å². The van der Waals surface area contributed by atoms with Crippen LogP contribution in [0.3, 0.4) is 0 Å². The van der Waals surface area contributed by atoms with Crippen LogP contribution in [-0.4, -0.2) is 41.9 Å². The summed E-state index contributed by atoms with van der Waals surface area (Å²) in [5.74, 6) is 1.85. The summed E-state index contributed by atoms with van der Waals surface area (Å²) in [5.41, 5.74) is 1.39. The SMILES string of the molecule is CC(C)[CH]C(=O)N1CC2CC(CN(Cc3ccccc3)C2)C1. The second-order valence-corrected chi connectivity index (χ2v) is 7.30. The highest BCUT2D eigenvalue weighted by Gasteiger charge is 2.35. The predicted octanol–water partition coefficient (Wildman–Crippen LogP) is 2.83. The van der Waals surface area contributed by atoms with Crippen LogP contribution in [0.15, 0.2) is 30.3 Å². The van der Waals surface area contributed by atoms with E-state index < -0.39 is 0 Å². The lowest BCUT2D eigenvalue weighted by molar-refractivity contribution is -0.132. The van der Waals surface area contributed by atoms with Gasteiger partial charge in [0.05, 0.1) is 6.42 Å². The van der Waals surface area contributed by atoms with Gasteiger partial charge in [0.1, 0.15) is 0 Å². The largest absolute Gasteiger partial charge is 0.342 e. The summed E-state index contributed by atoms with van der Waals surface area (Å²) in [7, 11) is 0. The number of likely N-dealkylation sites (tertiary alicyclic amines) is 2. The average molecular weight is 299 g/mol.